The number of pyridine rings is 1. The maximum absolute atomic E-state index is 14.8. The molecule has 0 aromatic carbocycles. The van der Waals surface area contributed by atoms with Gasteiger partial charge in [0.15, 0.2) is 11.6 Å². The van der Waals surface area contributed by atoms with Gasteiger partial charge < -0.3 is 35.5 Å². The first-order valence-electron chi connectivity index (χ1n) is 18.3. The number of nitrogen functional groups attached to an aromatic ring is 1. The first-order valence-corrected chi connectivity index (χ1v) is 18.3. The number of cyclic esters (lactones) is 1. The van der Waals surface area contributed by atoms with Crippen molar-refractivity contribution in [3.05, 3.63) is 78.5 Å². The second-order valence-electron chi connectivity index (χ2n) is 14.0. The van der Waals surface area contributed by atoms with E-state index >= 15 is 0 Å². The van der Waals surface area contributed by atoms with Crippen LogP contribution in [-0.2, 0) is 32.1 Å². The van der Waals surface area contributed by atoms with E-state index in [0.717, 1.165) is 6.26 Å². The highest BCUT2D eigenvalue weighted by Gasteiger charge is 2.39. The second kappa shape index (κ2) is 19.1. The number of rotatable bonds is 7. The molecule has 0 radical (unpaired) electrons. The Bertz CT molecular complexity index is 1900. The molecule has 3 amide bonds. The fraction of sp³-hybridized carbons (Fsp3) is 0.474. The normalized spacial score (nSPS) is 25.3. The van der Waals surface area contributed by atoms with Crippen molar-refractivity contribution in [3.8, 4) is 11.3 Å². The largest absolute Gasteiger partial charge is 0.460 e. The zero-order valence-electron chi connectivity index (χ0n) is 31.1. The summed E-state index contributed by atoms with van der Waals surface area (Å²) in [6.07, 6.45) is 10.6. The minimum Gasteiger partial charge on any atom is -0.460 e. The van der Waals surface area contributed by atoms with Crippen molar-refractivity contribution in [3.63, 3.8) is 0 Å². The number of alkyl halides is 1. The van der Waals surface area contributed by atoms with Crippen molar-refractivity contribution in [2.45, 2.75) is 83.8 Å². The van der Waals surface area contributed by atoms with Crippen LogP contribution in [0.15, 0.2) is 71.3 Å². The zero-order chi connectivity index (χ0) is 39.5. The number of carbonyl (C=O) groups excluding carboxylic acids is 4. The molecule has 5 unspecified atom stereocenters. The Labute approximate surface area is 318 Å². The molecule has 5 heterocycles. The van der Waals surface area contributed by atoms with Crippen LogP contribution >= 0.6 is 0 Å². The maximum Gasteiger partial charge on any atom is 0.329 e. The molecule has 2 aliphatic heterocycles. The van der Waals surface area contributed by atoms with Gasteiger partial charge in [0.1, 0.15) is 30.3 Å². The number of hydrogen-bond acceptors (Lipinski definition) is 12. The number of hydrogen-bond donors (Lipinski definition) is 4. The van der Waals surface area contributed by atoms with E-state index in [1.54, 1.807) is 48.3 Å². The SMILES string of the molecule is CC1=C\C(O)CC(F)Cc2nc(co2)C(=O)N2CCCC2C(=O)OC(C(C)C)C(CC(=O)NCCn2cc(-c3cncc(N)c3)nn2)/C=C/C(=O)NC\C=C\1. The minimum atomic E-state index is -1.50. The first kappa shape index (κ1) is 40.5. The smallest absolute Gasteiger partial charge is 0.329 e. The summed E-state index contributed by atoms with van der Waals surface area (Å²) in [4.78, 5) is 63.1. The van der Waals surface area contributed by atoms with Crippen molar-refractivity contribution in [2.75, 3.05) is 25.4 Å². The van der Waals surface area contributed by atoms with Crippen LogP contribution in [0.25, 0.3) is 11.3 Å². The van der Waals surface area contributed by atoms with Gasteiger partial charge >= 0.3 is 5.97 Å². The van der Waals surface area contributed by atoms with E-state index in [4.69, 9.17) is 14.9 Å². The van der Waals surface area contributed by atoms with Gasteiger partial charge in [0.25, 0.3) is 5.91 Å². The third-order valence-corrected chi connectivity index (χ3v) is 9.18. The lowest BCUT2D eigenvalue weighted by Crippen LogP contribution is -2.44. The van der Waals surface area contributed by atoms with Crippen LogP contribution < -0.4 is 16.4 Å². The van der Waals surface area contributed by atoms with Gasteiger partial charge in [-0.25, -0.2) is 14.2 Å². The summed E-state index contributed by atoms with van der Waals surface area (Å²) >= 11 is 0. The third-order valence-electron chi connectivity index (χ3n) is 9.18. The lowest BCUT2D eigenvalue weighted by atomic mass is 9.89. The molecule has 1 saturated heterocycles. The first-order chi connectivity index (χ1) is 26.4. The Morgan fingerprint density at radius 1 is 1.20 bits per heavy atom. The Morgan fingerprint density at radius 2 is 2.02 bits per heavy atom. The number of carbonyl (C=O) groups is 4. The number of halogens is 1. The maximum atomic E-state index is 14.8. The summed E-state index contributed by atoms with van der Waals surface area (Å²) in [6.45, 7) is 6.36. The summed E-state index contributed by atoms with van der Waals surface area (Å²) in [5.41, 5.74) is 8.18. The number of anilines is 1. The fourth-order valence-corrected chi connectivity index (χ4v) is 6.50. The number of nitrogens with two attached hydrogens (primary N) is 1. The van der Waals surface area contributed by atoms with Gasteiger partial charge in [-0.1, -0.05) is 48.9 Å². The van der Waals surface area contributed by atoms with E-state index in [0.29, 0.717) is 41.9 Å². The highest BCUT2D eigenvalue weighted by atomic mass is 19.1. The number of oxazole rings is 1. The summed E-state index contributed by atoms with van der Waals surface area (Å²) in [5, 5.41) is 24.3. The van der Waals surface area contributed by atoms with Gasteiger partial charge in [0.2, 0.25) is 11.8 Å². The molecule has 0 spiro atoms. The molecule has 3 aromatic heterocycles. The van der Waals surface area contributed by atoms with Crippen molar-refractivity contribution in [2.24, 2.45) is 11.8 Å². The number of aliphatic hydroxyl groups excluding tert-OH is 1. The Kier molecular flexibility index (Phi) is 14.0. The lowest BCUT2D eigenvalue weighted by molar-refractivity contribution is -0.159. The molecule has 5 N–H and O–H groups in total. The van der Waals surface area contributed by atoms with Crippen LogP contribution in [0.1, 0.15) is 62.8 Å². The molecule has 294 valence electrons. The Hall–Kier alpha value is -5.71. The van der Waals surface area contributed by atoms with Crippen LogP contribution in [-0.4, -0.2) is 103 Å². The average Bonchev–Trinajstić information content (AvgIpc) is 3.92. The van der Waals surface area contributed by atoms with E-state index in [9.17, 15) is 28.7 Å². The van der Waals surface area contributed by atoms with E-state index in [-0.39, 0.29) is 62.3 Å². The van der Waals surface area contributed by atoms with Crippen molar-refractivity contribution >= 4 is 29.4 Å². The molecule has 5 rings (SSSR count). The van der Waals surface area contributed by atoms with Gasteiger partial charge in [-0.2, -0.15) is 0 Å². The molecule has 3 aromatic rings. The number of amides is 3. The molecule has 2 aliphatic rings. The summed E-state index contributed by atoms with van der Waals surface area (Å²) in [5.74, 6) is -3.03. The minimum absolute atomic E-state index is 0.00901. The van der Waals surface area contributed by atoms with Crippen molar-refractivity contribution < 1.29 is 37.8 Å². The van der Waals surface area contributed by atoms with E-state index in [2.05, 4.69) is 30.9 Å². The summed E-state index contributed by atoms with van der Waals surface area (Å²) in [6, 6.07) is 0.800. The molecule has 17 heteroatoms. The number of nitrogens with zero attached hydrogens (tertiary/aromatic N) is 6. The number of nitrogens with one attached hydrogen (secondary N) is 2. The third kappa shape index (κ3) is 11.6. The average molecular weight is 762 g/mol. The molecule has 5 atom stereocenters. The van der Waals surface area contributed by atoms with Crippen molar-refractivity contribution in [1.29, 1.82) is 0 Å². The van der Waals surface area contributed by atoms with Gasteiger partial charge in [0, 0.05) is 56.4 Å². The van der Waals surface area contributed by atoms with Crippen LogP contribution in [0.2, 0.25) is 0 Å². The van der Waals surface area contributed by atoms with Crippen LogP contribution in [0, 0.1) is 11.8 Å². The summed E-state index contributed by atoms with van der Waals surface area (Å²) < 4.78 is 27.9. The Morgan fingerprint density at radius 3 is 2.80 bits per heavy atom. The number of ether oxygens (including phenoxy) is 1. The number of esters is 1. The van der Waals surface area contributed by atoms with Crippen LogP contribution in [0.3, 0.4) is 0 Å². The highest BCUT2D eigenvalue weighted by Crippen LogP contribution is 2.27. The second-order valence-corrected chi connectivity index (χ2v) is 14.0. The predicted molar refractivity (Wildman–Crippen MR) is 198 cm³/mol. The van der Waals surface area contributed by atoms with Gasteiger partial charge in [0.05, 0.1) is 31.0 Å². The standard InChI is InChI=1S/C38H48FN9O7/c1-23(2)36-25(16-34(51)43-11-13-47-21-30(45-46-47)26-15-28(40)20-41-19-26)8-9-33(50)42-10-4-6-24(3)14-29(49)17-27(39)18-35-44-31(22-54-35)37(52)48-12-5-7-32(48)38(53)55-36/h4,6,8-9,14-15,19-23,25,27,29,32,36,49H,5,7,10-13,16-18,40H2,1-3H3,(H,42,50)(H,43,51)/b6-4+,9-8+,24-14+. The van der Waals surface area contributed by atoms with Gasteiger partial charge in [-0.05, 0) is 37.8 Å². The lowest BCUT2D eigenvalue weighted by Gasteiger charge is -2.30. The molecule has 2 bridgehead atoms. The van der Waals surface area contributed by atoms with Crippen molar-refractivity contribution in [1.82, 2.24) is 40.5 Å². The fourth-order valence-electron chi connectivity index (χ4n) is 6.50. The monoisotopic (exact) mass is 761 g/mol. The molecule has 0 saturated carbocycles. The van der Waals surface area contributed by atoms with Crippen LogP contribution in [0.4, 0.5) is 10.1 Å². The topological polar surface area (TPSA) is 221 Å². The number of fused-ring (bicyclic) bond motifs is 3. The zero-order valence-corrected chi connectivity index (χ0v) is 31.1. The number of aromatic nitrogens is 5. The molecule has 16 nitrogen and oxygen atoms in total. The molecule has 0 aliphatic carbocycles. The quantitative estimate of drug-likeness (QED) is 0.256. The van der Waals surface area contributed by atoms with Gasteiger partial charge in [-0.15, -0.1) is 5.10 Å². The molecular formula is C38H48FN9O7. The van der Waals surface area contributed by atoms with E-state index in [1.165, 1.54) is 23.2 Å². The van der Waals surface area contributed by atoms with Crippen LogP contribution in [0.5, 0.6) is 0 Å². The van der Waals surface area contributed by atoms with Gasteiger partial charge in [-0.3, -0.25) is 24.0 Å². The van der Waals surface area contributed by atoms with E-state index in [1.807, 2.05) is 13.8 Å². The number of allylic oxidation sites excluding steroid dienone is 2. The summed E-state index contributed by atoms with van der Waals surface area (Å²) in [7, 11) is 0. The number of aliphatic hydroxyl groups is 1. The predicted octanol–water partition coefficient (Wildman–Crippen LogP) is 2.73. The Balaban J connectivity index is 1.32. The molecular weight excluding hydrogens is 713 g/mol. The molecule has 1 fully saturated rings. The molecule has 55 heavy (non-hydrogen) atoms. The highest BCUT2D eigenvalue weighted by molar-refractivity contribution is 5.95. The van der Waals surface area contributed by atoms with E-state index < -0.39 is 48.1 Å².